The lowest BCUT2D eigenvalue weighted by Crippen LogP contribution is -2.14. The summed E-state index contributed by atoms with van der Waals surface area (Å²) in [5.41, 5.74) is 0.388. The zero-order chi connectivity index (χ0) is 12.4. The average molecular weight is 383 g/mol. The minimum atomic E-state index is -0.351. The standard InChI is InChI=1S/C9H5Cl2IN4O/c10-4-1-5(7(12)6(11)2-4)8(17)15-9-13-3-14-16-9/h1-3H,(H2,13,14,15,16,17). The van der Waals surface area contributed by atoms with Gasteiger partial charge in [-0.1, -0.05) is 23.2 Å². The van der Waals surface area contributed by atoms with E-state index in [0.29, 0.717) is 19.2 Å². The van der Waals surface area contributed by atoms with Gasteiger partial charge in [0.05, 0.1) is 10.6 Å². The third kappa shape index (κ3) is 2.88. The van der Waals surface area contributed by atoms with Crippen LogP contribution < -0.4 is 5.32 Å². The first-order chi connectivity index (χ1) is 8.08. The van der Waals surface area contributed by atoms with Crippen LogP contribution in [-0.4, -0.2) is 21.1 Å². The van der Waals surface area contributed by atoms with E-state index in [0.717, 1.165) is 0 Å². The number of carbonyl (C=O) groups is 1. The van der Waals surface area contributed by atoms with Gasteiger partial charge in [-0.3, -0.25) is 10.1 Å². The first-order valence-electron chi connectivity index (χ1n) is 4.39. The molecule has 8 heteroatoms. The van der Waals surface area contributed by atoms with Gasteiger partial charge < -0.3 is 0 Å². The largest absolute Gasteiger partial charge is 0.291 e. The van der Waals surface area contributed by atoms with E-state index in [9.17, 15) is 4.79 Å². The topological polar surface area (TPSA) is 70.7 Å². The van der Waals surface area contributed by atoms with Crippen molar-refractivity contribution < 1.29 is 4.79 Å². The summed E-state index contributed by atoms with van der Waals surface area (Å²) in [4.78, 5) is 15.7. The number of nitrogens with one attached hydrogen (secondary N) is 2. The number of hydrogen-bond acceptors (Lipinski definition) is 3. The number of nitrogens with zero attached hydrogens (tertiary/aromatic N) is 2. The second-order valence-electron chi connectivity index (χ2n) is 3.04. The molecule has 2 aromatic rings. The Morgan fingerprint density at radius 1 is 1.41 bits per heavy atom. The van der Waals surface area contributed by atoms with Gasteiger partial charge in [-0.15, -0.1) is 0 Å². The number of hydrogen-bond donors (Lipinski definition) is 2. The Bertz CT molecular complexity index is 558. The van der Waals surface area contributed by atoms with E-state index in [1.807, 2.05) is 22.6 Å². The molecule has 17 heavy (non-hydrogen) atoms. The molecule has 0 saturated heterocycles. The fourth-order valence-corrected chi connectivity index (χ4v) is 2.21. The van der Waals surface area contributed by atoms with Crippen LogP contribution in [0.4, 0.5) is 5.95 Å². The summed E-state index contributed by atoms with van der Waals surface area (Å²) in [7, 11) is 0. The fraction of sp³-hybridized carbons (Fsp3) is 0. The van der Waals surface area contributed by atoms with Gasteiger partial charge >= 0.3 is 0 Å². The van der Waals surface area contributed by atoms with Gasteiger partial charge in [0, 0.05) is 8.59 Å². The van der Waals surface area contributed by atoms with Crippen molar-refractivity contribution in [1.29, 1.82) is 0 Å². The molecule has 0 atom stereocenters. The summed E-state index contributed by atoms with van der Waals surface area (Å²) in [6.45, 7) is 0. The zero-order valence-electron chi connectivity index (χ0n) is 8.17. The quantitative estimate of drug-likeness (QED) is 0.619. The minimum Gasteiger partial charge on any atom is -0.291 e. The maximum atomic E-state index is 11.9. The molecule has 1 aromatic carbocycles. The molecule has 1 heterocycles. The molecule has 0 unspecified atom stereocenters. The van der Waals surface area contributed by atoms with Gasteiger partial charge in [-0.25, -0.2) is 5.10 Å². The summed E-state index contributed by atoms with van der Waals surface area (Å²) in [5, 5.41) is 9.52. The van der Waals surface area contributed by atoms with Crippen molar-refractivity contribution in [3.63, 3.8) is 0 Å². The van der Waals surface area contributed by atoms with Crippen LogP contribution >= 0.6 is 45.8 Å². The minimum absolute atomic E-state index is 0.266. The van der Waals surface area contributed by atoms with Gasteiger partial charge in [0.1, 0.15) is 6.33 Å². The van der Waals surface area contributed by atoms with Crippen molar-refractivity contribution in [1.82, 2.24) is 15.2 Å². The van der Waals surface area contributed by atoms with Gasteiger partial charge in [-0.05, 0) is 34.7 Å². The maximum Gasteiger partial charge on any atom is 0.259 e. The summed E-state index contributed by atoms with van der Waals surface area (Å²) in [6.07, 6.45) is 1.30. The van der Waals surface area contributed by atoms with Crippen molar-refractivity contribution in [2.45, 2.75) is 0 Å². The number of benzene rings is 1. The van der Waals surface area contributed by atoms with Gasteiger partial charge in [0.2, 0.25) is 5.95 Å². The summed E-state index contributed by atoms with van der Waals surface area (Å²) in [5.74, 6) is -0.0857. The predicted molar refractivity (Wildman–Crippen MR) is 73.5 cm³/mol. The van der Waals surface area contributed by atoms with Crippen LogP contribution in [0.3, 0.4) is 0 Å². The normalized spacial score (nSPS) is 10.3. The molecule has 2 rings (SSSR count). The van der Waals surface area contributed by atoms with Crippen molar-refractivity contribution in [3.8, 4) is 0 Å². The molecule has 0 fully saturated rings. The van der Waals surface area contributed by atoms with E-state index in [1.54, 1.807) is 12.1 Å². The monoisotopic (exact) mass is 382 g/mol. The Morgan fingerprint density at radius 2 is 2.18 bits per heavy atom. The lowest BCUT2D eigenvalue weighted by molar-refractivity contribution is 0.102. The van der Waals surface area contributed by atoms with E-state index >= 15 is 0 Å². The predicted octanol–water partition coefficient (Wildman–Crippen LogP) is 2.97. The highest BCUT2D eigenvalue weighted by Gasteiger charge is 2.14. The second kappa shape index (κ2) is 5.19. The van der Waals surface area contributed by atoms with Crippen LogP contribution in [0.1, 0.15) is 10.4 Å². The molecular formula is C9H5Cl2IN4O. The Hall–Kier alpha value is -0.860. The second-order valence-corrected chi connectivity index (χ2v) is 4.96. The van der Waals surface area contributed by atoms with Gasteiger partial charge in [-0.2, -0.15) is 10.1 Å². The molecule has 5 nitrogen and oxygen atoms in total. The third-order valence-corrected chi connectivity index (χ3v) is 3.88. The van der Waals surface area contributed by atoms with Crippen molar-refractivity contribution in [2.24, 2.45) is 0 Å². The first kappa shape index (κ1) is 12.6. The van der Waals surface area contributed by atoms with Crippen molar-refractivity contribution >= 4 is 57.6 Å². The molecule has 0 aliphatic carbocycles. The maximum absolute atomic E-state index is 11.9. The lowest BCUT2D eigenvalue weighted by atomic mass is 10.2. The van der Waals surface area contributed by atoms with Crippen LogP contribution in [0.15, 0.2) is 18.5 Å². The number of aromatic nitrogens is 3. The number of aromatic amines is 1. The SMILES string of the molecule is O=C(Nc1ncn[nH]1)c1cc(Cl)cc(Cl)c1I. The molecule has 0 aliphatic heterocycles. The Morgan fingerprint density at radius 3 is 2.82 bits per heavy atom. The van der Waals surface area contributed by atoms with Gasteiger partial charge in [0.25, 0.3) is 5.91 Å². The highest BCUT2D eigenvalue weighted by molar-refractivity contribution is 14.1. The number of rotatable bonds is 2. The zero-order valence-corrected chi connectivity index (χ0v) is 11.8. The number of halogens is 3. The van der Waals surface area contributed by atoms with Crippen LogP contribution in [0.5, 0.6) is 0 Å². The van der Waals surface area contributed by atoms with E-state index < -0.39 is 0 Å². The number of amides is 1. The molecule has 88 valence electrons. The van der Waals surface area contributed by atoms with Crippen LogP contribution in [0.2, 0.25) is 10.0 Å². The van der Waals surface area contributed by atoms with E-state index in [2.05, 4.69) is 20.5 Å². The van der Waals surface area contributed by atoms with Crippen molar-refractivity contribution in [3.05, 3.63) is 37.6 Å². The van der Waals surface area contributed by atoms with E-state index in [1.165, 1.54) is 6.33 Å². The first-order valence-corrected chi connectivity index (χ1v) is 6.22. The van der Waals surface area contributed by atoms with Gasteiger partial charge in [0.15, 0.2) is 0 Å². The lowest BCUT2D eigenvalue weighted by Gasteiger charge is -2.06. The average Bonchev–Trinajstić information content (AvgIpc) is 2.76. The molecule has 1 amide bonds. The molecule has 0 radical (unpaired) electrons. The number of H-pyrrole nitrogens is 1. The van der Waals surface area contributed by atoms with Crippen molar-refractivity contribution in [2.75, 3.05) is 5.32 Å². The third-order valence-electron chi connectivity index (χ3n) is 1.88. The molecule has 0 aliphatic rings. The molecule has 0 bridgehead atoms. The van der Waals surface area contributed by atoms with E-state index in [-0.39, 0.29) is 11.9 Å². The Balaban J connectivity index is 2.31. The number of carbonyl (C=O) groups excluding carboxylic acids is 1. The summed E-state index contributed by atoms with van der Waals surface area (Å²) < 4.78 is 0.630. The molecule has 0 saturated carbocycles. The highest BCUT2D eigenvalue weighted by Crippen LogP contribution is 2.27. The molecule has 0 spiro atoms. The Labute approximate surface area is 120 Å². The van der Waals surface area contributed by atoms with Crippen LogP contribution in [0, 0.1) is 3.57 Å². The molecule has 2 N–H and O–H groups in total. The Kier molecular flexibility index (Phi) is 3.85. The molecule has 1 aromatic heterocycles. The van der Waals surface area contributed by atoms with Crippen LogP contribution in [0.25, 0.3) is 0 Å². The summed E-state index contributed by atoms with van der Waals surface area (Å²) >= 11 is 13.8. The summed E-state index contributed by atoms with van der Waals surface area (Å²) in [6, 6.07) is 3.12. The number of anilines is 1. The highest BCUT2D eigenvalue weighted by atomic mass is 127. The van der Waals surface area contributed by atoms with E-state index in [4.69, 9.17) is 23.2 Å². The van der Waals surface area contributed by atoms with Crippen LogP contribution in [-0.2, 0) is 0 Å². The molecular weight excluding hydrogens is 378 g/mol. The smallest absolute Gasteiger partial charge is 0.259 e. The fourth-order valence-electron chi connectivity index (χ4n) is 1.16.